The summed E-state index contributed by atoms with van der Waals surface area (Å²) < 4.78 is 25.9. The first-order valence-corrected chi connectivity index (χ1v) is 3.68. The van der Waals surface area contributed by atoms with Crippen molar-refractivity contribution in [1.82, 2.24) is 4.98 Å². The fourth-order valence-electron chi connectivity index (χ4n) is 1.23. The van der Waals surface area contributed by atoms with Gasteiger partial charge in [-0.05, 0) is 6.07 Å². The van der Waals surface area contributed by atoms with Gasteiger partial charge in [0.05, 0.1) is 10.9 Å². The summed E-state index contributed by atoms with van der Waals surface area (Å²) >= 11 is 0. The Kier molecular flexibility index (Phi) is 1.62. The highest BCUT2D eigenvalue weighted by Gasteiger charge is 2.06. The zero-order valence-electron chi connectivity index (χ0n) is 6.59. The van der Waals surface area contributed by atoms with Crippen molar-refractivity contribution in [3.63, 3.8) is 0 Å². The van der Waals surface area contributed by atoms with Gasteiger partial charge in [-0.2, -0.15) is 0 Å². The Balaban J connectivity index is 2.94. The first kappa shape index (κ1) is 7.91. The van der Waals surface area contributed by atoms with E-state index < -0.39 is 11.6 Å². The Labute approximate surface area is 73.0 Å². The molecule has 0 amide bonds. The maximum absolute atomic E-state index is 13.1. The van der Waals surface area contributed by atoms with Gasteiger partial charge in [-0.3, -0.25) is 4.98 Å². The molecule has 2 aromatic rings. The minimum Gasteiger partial charge on any atom is -0.398 e. The Morgan fingerprint density at radius 1 is 1.23 bits per heavy atom. The van der Waals surface area contributed by atoms with Crippen LogP contribution in [0.3, 0.4) is 0 Å². The largest absolute Gasteiger partial charge is 0.398 e. The number of pyridine rings is 1. The molecule has 0 unspecified atom stereocenters. The molecule has 0 saturated carbocycles. The Morgan fingerprint density at radius 3 is 2.77 bits per heavy atom. The number of hydrogen-bond acceptors (Lipinski definition) is 2. The number of rotatable bonds is 0. The van der Waals surface area contributed by atoms with Crippen LogP contribution < -0.4 is 5.73 Å². The third-order valence-electron chi connectivity index (χ3n) is 1.79. The summed E-state index contributed by atoms with van der Waals surface area (Å²) in [5.74, 6) is -1.33. The highest BCUT2D eigenvalue weighted by atomic mass is 19.1. The summed E-state index contributed by atoms with van der Waals surface area (Å²) in [6.07, 6.45) is 1.41. The van der Waals surface area contributed by atoms with Gasteiger partial charge in [0.1, 0.15) is 11.6 Å². The number of halogens is 2. The second kappa shape index (κ2) is 2.65. The van der Waals surface area contributed by atoms with Crippen LogP contribution in [-0.4, -0.2) is 4.98 Å². The molecule has 1 aromatic carbocycles. The Hall–Kier alpha value is -1.71. The maximum Gasteiger partial charge on any atom is 0.137 e. The second-order valence-electron chi connectivity index (χ2n) is 2.68. The average Bonchev–Trinajstić information content (AvgIpc) is 2.02. The van der Waals surface area contributed by atoms with E-state index in [4.69, 9.17) is 5.73 Å². The lowest BCUT2D eigenvalue weighted by molar-refractivity contribution is 0.592. The standard InChI is InChI=1S/C9H6F2N2/c10-5-3-6(11)9-7(12)1-2-13-8(9)4-5/h1-4H,(H2,12,13). The van der Waals surface area contributed by atoms with Crippen molar-refractivity contribution in [2.24, 2.45) is 0 Å². The van der Waals surface area contributed by atoms with Crippen LogP contribution in [0.2, 0.25) is 0 Å². The van der Waals surface area contributed by atoms with E-state index in [1.807, 2.05) is 0 Å². The first-order chi connectivity index (χ1) is 6.18. The molecule has 0 bridgehead atoms. The van der Waals surface area contributed by atoms with E-state index in [2.05, 4.69) is 4.98 Å². The average molecular weight is 180 g/mol. The monoisotopic (exact) mass is 180 g/mol. The lowest BCUT2D eigenvalue weighted by Gasteiger charge is -2.01. The van der Waals surface area contributed by atoms with Crippen LogP contribution in [0.5, 0.6) is 0 Å². The third-order valence-corrected chi connectivity index (χ3v) is 1.79. The van der Waals surface area contributed by atoms with Crippen LogP contribution >= 0.6 is 0 Å². The van der Waals surface area contributed by atoms with Crippen molar-refractivity contribution < 1.29 is 8.78 Å². The zero-order chi connectivity index (χ0) is 9.42. The molecule has 66 valence electrons. The lowest BCUT2D eigenvalue weighted by atomic mass is 10.2. The van der Waals surface area contributed by atoms with E-state index in [0.717, 1.165) is 12.1 Å². The van der Waals surface area contributed by atoms with E-state index in [-0.39, 0.29) is 16.6 Å². The van der Waals surface area contributed by atoms with E-state index in [1.54, 1.807) is 0 Å². The summed E-state index contributed by atoms with van der Waals surface area (Å²) in [7, 11) is 0. The molecule has 2 nitrogen and oxygen atoms in total. The molecular weight excluding hydrogens is 174 g/mol. The van der Waals surface area contributed by atoms with Gasteiger partial charge in [0.2, 0.25) is 0 Å². The number of nitrogen functional groups attached to an aromatic ring is 1. The van der Waals surface area contributed by atoms with Gasteiger partial charge in [0.25, 0.3) is 0 Å². The second-order valence-corrected chi connectivity index (χ2v) is 2.68. The summed E-state index contributed by atoms with van der Waals surface area (Å²) in [6, 6.07) is 3.42. The molecule has 0 aliphatic heterocycles. The molecule has 2 rings (SSSR count). The van der Waals surface area contributed by atoms with E-state index in [0.29, 0.717) is 0 Å². The highest BCUT2D eigenvalue weighted by molar-refractivity contribution is 5.90. The van der Waals surface area contributed by atoms with Gasteiger partial charge in [0, 0.05) is 24.0 Å². The van der Waals surface area contributed by atoms with Crippen LogP contribution in [0, 0.1) is 11.6 Å². The summed E-state index contributed by atoms with van der Waals surface area (Å²) in [5.41, 5.74) is 6.00. The summed E-state index contributed by atoms with van der Waals surface area (Å²) in [6.45, 7) is 0. The zero-order valence-corrected chi connectivity index (χ0v) is 6.59. The molecule has 2 N–H and O–H groups in total. The topological polar surface area (TPSA) is 38.9 Å². The van der Waals surface area contributed by atoms with Gasteiger partial charge >= 0.3 is 0 Å². The van der Waals surface area contributed by atoms with Crippen LogP contribution in [0.25, 0.3) is 10.9 Å². The number of benzene rings is 1. The molecule has 4 heteroatoms. The summed E-state index contributed by atoms with van der Waals surface area (Å²) in [5, 5.41) is 0.170. The molecule has 0 radical (unpaired) electrons. The van der Waals surface area contributed by atoms with Crippen molar-refractivity contribution in [2.75, 3.05) is 5.73 Å². The number of nitrogens with two attached hydrogens (primary N) is 1. The molecule has 0 saturated heterocycles. The fourth-order valence-corrected chi connectivity index (χ4v) is 1.23. The minimum atomic E-state index is -0.680. The Bertz CT molecular complexity index is 468. The maximum atomic E-state index is 13.1. The van der Waals surface area contributed by atoms with E-state index in [1.165, 1.54) is 12.3 Å². The van der Waals surface area contributed by atoms with Gasteiger partial charge in [-0.1, -0.05) is 0 Å². The highest BCUT2D eigenvalue weighted by Crippen LogP contribution is 2.22. The molecule has 0 spiro atoms. The first-order valence-electron chi connectivity index (χ1n) is 3.68. The molecule has 0 aliphatic rings. The van der Waals surface area contributed by atoms with Crippen molar-refractivity contribution in [3.8, 4) is 0 Å². The minimum absolute atomic E-state index is 0.170. The quantitative estimate of drug-likeness (QED) is 0.674. The normalized spacial score (nSPS) is 10.6. The van der Waals surface area contributed by atoms with Gasteiger partial charge in [0.15, 0.2) is 0 Å². The predicted octanol–water partition coefficient (Wildman–Crippen LogP) is 2.10. The SMILES string of the molecule is Nc1ccnc2cc(F)cc(F)c12. The predicted molar refractivity (Wildman–Crippen MR) is 46.1 cm³/mol. The van der Waals surface area contributed by atoms with Crippen molar-refractivity contribution in [3.05, 3.63) is 36.0 Å². The van der Waals surface area contributed by atoms with Crippen LogP contribution in [0.15, 0.2) is 24.4 Å². The summed E-state index contributed by atoms with van der Waals surface area (Å²) in [4.78, 5) is 3.80. The number of hydrogen-bond donors (Lipinski definition) is 1. The lowest BCUT2D eigenvalue weighted by Crippen LogP contribution is -1.92. The molecule has 1 heterocycles. The fraction of sp³-hybridized carbons (Fsp3) is 0. The van der Waals surface area contributed by atoms with Gasteiger partial charge < -0.3 is 5.73 Å². The van der Waals surface area contributed by atoms with E-state index >= 15 is 0 Å². The molecule has 13 heavy (non-hydrogen) atoms. The molecule has 1 aromatic heterocycles. The Morgan fingerprint density at radius 2 is 2.00 bits per heavy atom. The van der Waals surface area contributed by atoms with Crippen LogP contribution in [0.4, 0.5) is 14.5 Å². The van der Waals surface area contributed by atoms with Crippen LogP contribution in [-0.2, 0) is 0 Å². The number of nitrogens with zero attached hydrogens (tertiary/aromatic N) is 1. The van der Waals surface area contributed by atoms with E-state index in [9.17, 15) is 8.78 Å². The molecule has 0 fully saturated rings. The van der Waals surface area contributed by atoms with Crippen molar-refractivity contribution >= 4 is 16.6 Å². The number of fused-ring (bicyclic) bond motifs is 1. The van der Waals surface area contributed by atoms with Gasteiger partial charge in [-0.15, -0.1) is 0 Å². The smallest absolute Gasteiger partial charge is 0.137 e. The van der Waals surface area contributed by atoms with Crippen LogP contribution in [0.1, 0.15) is 0 Å². The third kappa shape index (κ3) is 1.20. The molecule has 0 aliphatic carbocycles. The molecule has 0 atom stereocenters. The number of anilines is 1. The molecular formula is C9H6F2N2. The van der Waals surface area contributed by atoms with Crippen molar-refractivity contribution in [2.45, 2.75) is 0 Å². The number of aromatic nitrogens is 1. The van der Waals surface area contributed by atoms with Gasteiger partial charge in [-0.25, -0.2) is 8.78 Å². The van der Waals surface area contributed by atoms with Crippen molar-refractivity contribution in [1.29, 1.82) is 0 Å².